The lowest BCUT2D eigenvalue weighted by molar-refractivity contribution is -0.138. The van der Waals surface area contributed by atoms with Crippen LogP contribution in [0, 0.1) is 0 Å². The van der Waals surface area contributed by atoms with Gasteiger partial charge in [-0.2, -0.15) is 0 Å². The largest absolute Gasteiger partial charge is 0.490 e. The van der Waals surface area contributed by atoms with Crippen LogP contribution < -0.4 is 14.8 Å². The fourth-order valence-corrected chi connectivity index (χ4v) is 4.07. The zero-order valence-corrected chi connectivity index (χ0v) is 15.8. The Labute approximate surface area is 161 Å². The van der Waals surface area contributed by atoms with E-state index in [1.807, 2.05) is 49.4 Å². The molecule has 7 heteroatoms. The van der Waals surface area contributed by atoms with E-state index in [1.54, 1.807) is 11.8 Å². The van der Waals surface area contributed by atoms with Crippen LogP contribution in [0.5, 0.6) is 11.5 Å². The van der Waals surface area contributed by atoms with Crippen molar-refractivity contribution in [2.24, 2.45) is 0 Å². The fourth-order valence-electron chi connectivity index (χ4n) is 2.65. The lowest BCUT2D eigenvalue weighted by atomic mass is 10.2. The molecule has 1 heterocycles. The molecule has 2 atom stereocenters. The summed E-state index contributed by atoms with van der Waals surface area (Å²) in [6.45, 7) is 2.76. The predicted molar refractivity (Wildman–Crippen MR) is 103 cm³/mol. The van der Waals surface area contributed by atoms with E-state index in [0.29, 0.717) is 35.5 Å². The first-order valence-corrected chi connectivity index (χ1v) is 9.74. The summed E-state index contributed by atoms with van der Waals surface area (Å²) in [5.41, 5.74) is 1.87. The topological polar surface area (TPSA) is 67.8 Å². The predicted octanol–water partition coefficient (Wildman–Crippen LogP) is 4.11. The van der Waals surface area contributed by atoms with E-state index in [2.05, 4.69) is 5.32 Å². The van der Waals surface area contributed by atoms with Crippen LogP contribution in [0.25, 0.3) is 0 Å². The van der Waals surface area contributed by atoms with Gasteiger partial charge in [-0.3, -0.25) is 10.1 Å². The van der Waals surface area contributed by atoms with E-state index >= 15 is 0 Å². The van der Waals surface area contributed by atoms with E-state index < -0.39 is 12.0 Å². The minimum Gasteiger partial charge on any atom is -0.490 e. The molecule has 2 aromatic carbocycles. The maximum atomic E-state index is 11.1. The quantitative estimate of drug-likeness (QED) is 0.738. The van der Waals surface area contributed by atoms with Gasteiger partial charge in [-0.15, -0.1) is 11.8 Å². The van der Waals surface area contributed by atoms with Crippen molar-refractivity contribution in [3.63, 3.8) is 0 Å². The first kappa shape index (κ1) is 18.9. The molecule has 0 amide bonds. The summed E-state index contributed by atoms with van der Waals surface area (Å²) < 4.78 is 11.6. The number of thioether (sulfide) groups is 1. The summed E-state index contributed by atoms with van der Waals surface area (Å²) in [6, 6.07) is 12.7. The van der Waals surface area contributed by atoms with Crippen molar-refractivity contribution >= 4 is 29.3 Å². The van der Waals surface area contributed by atoms with Gasteiger partial charge < -0.3 is 14.6 Å². The van der Waals surface area contributed by atoms with Crippen LogP contribution in [0.1, 0.15) is 23.4 Å². The molecule has 2 N–H and O–H groups in total. The van der Waals surface area contributed by atoms with E-state index in [0.717, 1.165) is 11.1 Å². The highest BCUT2D eigenvalue weighted by Gasteiger charge is 2.30. The van der Waals surface area contributed by atoms with Crippen LogP contribution in [0.15, 0.2) is 42.5 Å². The summed E-state index contributed by atoms with van der Waals surface area (Å²) >= 11 is 7.74. The Bertz CT molecular complexity index is 786. The van der Waals surface area contributed by atoms with Crippen molar-refractivity contribution < 1.29 is 19.4 Å². The van der Waals surface area contributed by atoms with Gasteiger partial charge in [0.25, 0.3) is 0 Å². The van der Waals surface area contributed by atoms with Crippen molar-refractivity contribution in [2.75, 3.05) is 12.4 Å². The molecule has 2 aromatic rings. The molecule has 1 fully saturated rings. The van der Waals surface area contributed by atoms with E-state index in [-0.39, 0.29) is 5.37 Å². The Hall–Kier alpha value is -1.89. The number of aliphatic carboxylic acids is 1. The lowest BCUT2D eigenvalue weighted by Gasteiger charge is -2.16. The Morgan fingerprint density at radius 1 is 1.27 bits per heavy atom. The van der Waals surface area contributed by atoms with Gasteiger partial charge in [-0.25, -0.2) is 0 Å². The standard InChI is InChI=1S/C19H20ClNO4S/c1-2-24-17-9-12(18-21-15(11-26-18)19(22)23)7-8-16(17)25-10-13-5-3-4-6-14(13)20/h3-9,15,18,21H,2,10-11H2,1H3,(H,22,23). The van der Waals surface area contributed by atoms with Crippen molar-refractivity contribution in [2.45, 2.75) is 24.9 Å². The van der Waals surface area contributed by atoms with Gasteiger partial charge in [0.05, 0.1) is 12.0 Å². The molecular formula is C19H20ClNO4S. The molecule has 26 heavy (non-hydrogen) atoms. The van der Waals surface area contributed by atoms with E-state index in [9.17, 15) is 4.79 Å². The Kier molecular flexibility index (Phi) is 6.29. The lowest BCUT2D eigenvalue weighted by Crippen LogP contribution is -2.33. The molecule has 0 bridgehead atoms. The number of nitrogens with one attached hydrogen (secondary N) is 1. The second kappa shape index (κ2) is 8.66. The van der Waals surface area contributed by atoms with Crippen LogP contribution >= 0.6 is 23.4 Å². The van der Waals surface area contributed by atoms with E-state index in [1.165, 1.54) is 0 Å². The van der Waals surface area contributed by atoms with Crippen molar-refractivity contribution in [1.29, 1.82) is 0 Å². The SMILES string of the molecule is CCOc1cc(C2NC(C(=O)O)CS2)ccc1OCc1ccccc1Cl. The number of carboxylic acid groups (broad SMARTS) is 1. The highest BCUT2D eigenvalue weighted by atomic mass is 35.5. The monoisotopic (exact) mass is 393 g/mol. The Morgan fingerprint density at radius 3 is 2.77 bits per heavy atom. The molecule has 0 spiro atoms. The van der Waals surface area contributed by atoms with Crippen molar-refractivity contribution in [3.05, 3.63) is 58.6 Å². The Morgan fingerprint density at radius 2 is 2.08 bits per heavy atom. The third-order valence-corrected chi connectivity index (χ3v) is 5.63. The summed E-state index contributed by atoms with van der Waals surface area (Å²) in [5, 5.41) is 12.8. The third-order valence-electron chi connectivity index (χ3n) is 3.99. The van der Waals surface area contributed by atoms with Crippen LogP contribution in [-0.2, 0) is 11.4 Å². The first-order chi connectivity index (χ1) is 12.6. The molecule has 138 valence electrons. The first-order valence-electron chi connectivity index (χ1n) is 8.32. The maximum Gasteiger partial charge on any atom is 0.321 e. The van der Waals surface area contributed by atoms with Gasteiger partial charge in [-0.1, -0.05) is 35.9 Å². The second-order valence-corrected chi connectivity index (χ2v) is 7.34. The highest BCUT2D eigenvalue weighted by molar-refractivity contribution is 7.99. The minimum atomic E-state index is -0.829. The highest BCUT2D eigenvalue weighted by Crippen LogP contribution is 2.38. The van der Waals surface area contributed by atoms with Crippen LogP contribution in [-0.4, -0.2) is 29.5 Å². The summed E-state index contributed by atoms with van der Waals surface area (Å²) in [4.78, 5) is 11.1. The molecule has 0 aliphatic carbocycles. The molecular weight excluding hydrogens is 374 g/mol. The summed E-state index contributed by atoms with van der Waals surface area (Å²) in [6.07, 6.45) is 0. The van der Waals surface area contributed by atoms with Gasteiger partial charge in [0.2, 0.25) is 0 Å². The number of carboxylic acids is 1. The molecule has 0 saturated carbocycles. The number of halogens is 1. The molecule has 3 rings (SSSR count). The molecule has 1 aliphatic rings. The number of rotatable bonds is 7. The normalized spacial score (nSPS) is 19.3. The zero-order valence-electron chi connectivity index (χ0n) is 14.3. The smallest absolute Gasteiger partial charge is 0.321 e. The molecule has 2 unspecified atom stereocenters. The molecule has 5 nitrogen and oxygen atoms in total. The van der Waals surface area contributed by atoms with Gasteiger partial charge in [0, 0.05) is 16.3 Å². The van der Waals surface area contributed by atoms with Gasteiger partial charge >= 0.3 is 5.97 Å². The van der Waals surface area contributed by atoms with Crippen LogP contribution in [0.4, 0.5) is 0 Å². The van der Waals surface area contributed by atoms with Gasteiger partial charge in [0.15, 0.2) is 11.5 Å². The average molecular weight is 394 g/mol. The fraction of sp³-hybridized carbons (Fsp3) is 0.316. The molecule has 1 saturated heterocycles. The average Bonchev–Trinajstić information content (AvgIpc) is 3.12. The third kappa shape index (κ3) is 4.44. The molecule has 1 aliphatic heterocycles. The minimum absolute atomic E-state index is 0.0760. The Balaban J connectivity index is 1.74. The van der Waals surface area contributed by atoms with Crippen molar-refractivity contribution in [1.82, 2.24) is 5.32 Å². The van der Waals surface area contributed by atoms with Gasteiger partial charge in [0.1, 0.15) is 12.6 Å². The maximum absolute atomic E-state index is 11.1. The summed E-state index contributed by atoms with van der Waals surface area (Å²) in [7, 11) is 0. The number of ether oxygens (including phenoxy) is 2. The molecule has 0 aromatic heterocycles. The van der Waals surface area contributed by atoms with Crippen LogP contribution in [0.3, 0.4) is 0 Å². The number of benzene rings is 2. The summed E-state index contributed by atoms with van der Waals surface area (Å²) in [5.74, 6) is 0.977. The van der Waals surface area contributed by atoms with E-state index in [4.69, 9.17) is 26.2 Å². The number of hydrogen-bond donors (Lipinski definition) is 2. The number of carbonyl (C=O) groups is 1. The van der Waals surface area contributed by atoms with Gasteiger partial charge in [-0.05, 0) is 30.7 Å². The number of hydrogen-bond acceptors (Lipinski definition) is 5. The van der Waals surface area contributed by atoms with Crippen LogP contribution in [0.2, 0.25) is 5.02 Å². The van der Waals surface area contributed by atoms with Crippen molar-refractivity contribution in [3.8, 4) is 11.5 Å². The molecule has 0 radical (unpaired) electrons. The second-order valence-electron chi connectivity index (χ2n) is 5.79. The zero-order chi connectivity index (χ0) is 18.5.